The second-order valence-electron chi connectivity index (χ2n) is 6.70. The third-order valence-electron chi connectivity index (χ3n) is 3.24. The Hall–Kier alpha value is -1.59. The lowest BCUT2D eigenvalue weighted by atomic mass is 9.89. The van der Waals surface area contributed by atoms with Gasteiger partial charge in [-0.05, 0) is 32.1 Å². The lowest BCUT2D eigenvalue weighted by molar-refractivity contribution is 0.346. The molecule has 1 atom stereocenters. The van der Waals surface area contributed by atoms with Gasteiger partial charge in [-0.2, -0.15) is 0 Å². The third-order valence-corrected chi connectivity index (χ3v) is 3.24. The van der Waals surface area contributed by atoms with Gasteiger partial charge in [0.2, 0.25) is 0 Å². The van der Waals surface area contributed by atoms with Crippen molar-refractivity contribution in [3.8, 4) is 0 Å². The van der Waals surface area contributed by atoms with E-state index in [1.165, 1.54) is 6.42 Å². The molecule has 21 heavy (non-hydrogen) atoms. The van der Waals surface area contributed by atoms with E-state index in [4.69, 9.17) is 0 Å². The Bertz CT molecular complexity index is 443. The van der Waals surface area contributed by atoms with Crippen molar-refractivity contribution >= 4 is 5.96 Å². The van der Waals surface area contributed by atoms with E-state index >= 15 is 0 Å². The normalized spacial score (nSPS) is 14.1. The summed E-state index contributed by atoms with van der Waals surface area (Å²) in [5.74, 6) is 1.69. The highest BCUT2D eigenvalue weighted by Crippen LogP contribution is 2.21. The van der Waals surface area contributed by atoms with Gasteiger partial charge in [0.15, 0.2) is 11.8 Å². The number of nitrogens with zero attached hydrogens (tertiary/aromatic N) is 4. The smallest absolute Gasteiger partial charge is 0.191 e. The lowest BCUT2D eigenvalue weighted by Gasteiger charge is -2.23. The molecule has 6 nitrogen and oxygen atoms in total. The molecule has 6 heteroatoms. The van der Waals surface area contributed by atoms with Crippen LogP contribution in [-0.4, -0.2) is 33.3 Å². The van der Waals surface area contributed by atoms with E-state index in [0.29, 0.717) is 18.0 Å². The molecular formula is C15H30N6. The predicted molar refractivity (Wildman–Crippen MR) is 87.1 cm³/mol. The van der Waals surface area contributed by atoms with Crippen LogP contribution in [0.2, 0.25) is 0 Å². The third kappa shape index (κ3) is 7.11. The van der Waals surface area contributed by atoms with E-state index < -0.39 is 0 Å². The Balaban J connectivity index is 2.54. The van der Waals surface area contributed by atoms with Crippen LogP contribution in [0.25, 0.3) is 0 Å². The van der Waals surface area contributed by atoms with E-state index in [0.717, 1.165) is 24.7 Å². The first-order chi connectivity index (χ1) is 9.81. The first kappa shape index (κ1) is 17.5. The van der Waals surface area contributed by atoms with E-state index in [1.807, 2.05) is 11.6 Å². The Morgan fingerprint density at radius 2 is 2.14 bits per heavy atom. The maximum atomic E-state index is 4.57. The summed E-state index contributed by atoms with van der Waals surface area (Å²) in [6.07, 6.45) is 4.00. The van der Waals surface area contributed by atoms with Crippen molar-refractivity contribution in [1.29, 1.82) is 0 Å². The Kier molecular flexibility index (Phi) is 6.65. The summed E-state index contributed by atoms with van der Waals surface area (Å²) < 4.78 is 1.89. The molecule has 1 heterocycles. The van der Waals surface area contributed by atoms with Crippen LogP contribution >= 0.6 is 0 Å². The molecular weight excluding hydrogens is 264 g/mol. The molecule has 0 bridgehead atoms. The summed E-state index contributed by atoms with van der Waals surface area (Å²) in [6.45, 7) is 12.4. The van der Waals surface area contributed by atoms with Gasteiger partial charge in [0.25, 0.3) is 0 Å². The summed E-state index contributed by atoms with van der Waals surface area (Å²) in [5, 5.41) is 14.6. The van der Waals surface area contributed by atoms with Crippen molar-refractivity contribution in [2.24, 2.45) is 17.5 Å². The molecule has 1 rings (SSSR count). The molecule has 0 aliphatic rings. The summed E-state index contributed by atoms with van der Waals surface area (Å²) in [4.78, 5) is 4.57. The largest absolute Gasteiger partial charge is 0.357 e. The van der Waals surface area contributed by atoms with E-state index in [2.05, 4.69) is 60.4 Å². The molecule has 120 valence electrons. The highest BCUT2D eigenvalue weighted by atomic mass is 15.3. The molecule has 0 saturated carbocycles. The van der Waals surface area contributed by atoms with Crippen molar-refractivity contribution in [2.45, 2.75) is 60.0 Å². The number of guanidine groups is 1. The second kappa shape index (κ2) is 8.00. The van der Waals surface area contributed by atoms with Crippen molar-refractivity contribution in [3.05, 3.63) is 12.2 Å². The van der Waals surface area contributed by atoms with Crippen molar-refractivity contribution in [2.75, 3.05) is 6.54 Å². The average molecular weight is 294 g/mol. The molecule has 0 aliphatic carbocycles. The van der Waals surface area contributed by atoms with Gasteiger partial charge < -0.3 is 15.2 Å². The molecule has 0 spiro atoms. The Morgan fingerprint density at radius 3 is 2.67 bits per heavy atom. The molecule has 1 aromatic rings. The molecule has 0 aromatic carbocycles. The molecule has 1 aromatic heterocycles. The lowest BCUT2D eigenvalue weighted by Crippen LogP contribution is -2.42. The monoisotopic (exact) mass is 294 g/mol. The molecule has 1 unspecified atom stereocenters. The maximum Gasteiger partial charge on any atom is 0.191 e. The van der Waals surface area contributed by atoms with Crippen LogP contribution in [0.1, 0.15) is 53.3 Å². The van der Waals surface area contributed by atoms with Crippen molar-refractivity contribution in [1.82, 2.24) is 25.4 Å². The van der Waals surface area contributed by atoms with Crippen LogP contribution in [0.3, 0.4) is 0 Å². The number of aromatic nitrogens is 3. The zero-order chi connectivity index (χ0) is 15.9. The van der Waals surface area contributed by atoms with Gasteiger partial charge in [-0.3, -0.25) is 0 Å². The minimum atomic E-state index is 0.365. The summed E-state index contributed by atoms with van der Waals surface area (Å²) in [5.41, 5.74) is 0.365. The zero-order valence-corrected chi connectivity index (χ0v) is 14.3. The van der Waals surface area contributed by atoms with Crippen LogP contribution in [0.5, 0.6) is 0 Å². The standard InChI is InChI=1S/C15H30N6/c1-7-16-14(17-10-13-20-18-11-21(13)6)19-12(2)8-9-15(3,4)5/h11-12H,7-10H2,1-6H3,(H2,16,17,19). The van der Waals surface area contributed by atoms with Gasteiger partial charge in [-0.25, -0.2) is 4.99 Å². The Morgan fingerprint density at radius 1 is 1.43 bits per heavy atom. The van der Waals surface area contributed by atoms with Crippen molar-refractivity contribution < 1.29 is 0 Å². The number of aliphatic imine (C=N–C) groups is 1. The molecule has 2 N–H and O–H groups in total. The van der Waals surface area contributed by atoms with E-state index in [1.54, 1.807) is 6.33 Å². The van der Waals surface area contributed by atoms with Gasteiger partial charge in [-0.15, -0.1) is 10.2 Å². The number of hydrogen-bond donors (Lipinski definition) is 2. The molecule has 0 amide bonds. The fourth-order valence-electron chi connectivity index (χ4n) is 1.88. The predicted octanol–water partition coefficient (Wildman–Crippen LogP) is 2.08. The van der Waals surface area contributed by atoms with Gasteiger partial charge in [0, 0.05) is 19.6 Å². The number of hydrogen-bond acceptors (Lipinski definition) is 3. The minimum absolute atomic E-state index is 0.365. The highest BCUT2D eigenvalue weighted by molar-refractivity contribution is 5.79. The van der Waals surface area contributed by atoms with Gasteiger partial charge >= 0.3 is 0 Å². The second-order valence-corrected chi connectivity index (χ2v) is 6.70. The number of rotatable bonds is 6. The summed E-state index contributed by atoms with van der Waals surface area (Å²) in [6, 6.07) is 0.390. The quantitative estimate of drug-likeness (QED) is 0.623. The SMILES string of the molecule is CCNC(=NCc1nncn1C)NC(C)CCC(C)(C)C. The summed E-state index contributed by atoms with van der Waals surface area (Å²) >= 11 is 0. The van der Waals surface area contributed by atoms with Crippen LogP contribution in [0.15, 0.2) is 11.3 Å². The van der Waals surface area contributed by atoms with E-state index in [9.17, 15) is 0 Å². The van der Waals surface area contributed by atoms with Crippen LogP contribution in [-0.2, 0) is 13.6 Å². The first-order valence-corrected chi connectivity index (χ1v) is 7.69. The maximum absolute atomic E-state index is 4.57. The van der Waals surface area contributed by atoms with Gasteiger partial charge in [0.05, 0.1) is 0 Å². The molecule has 0 radical (unpaired) electrons. The summed E-state index contributed by atoms with van der Waals surface area (Å²) in [7, 11) is 1.93. The van der Waals surface area contributed by atoms with Gasteiger partial charge in [0.1, 0.15) is 12.9 Å². The van der Waals surface area contributed by atoms with E-state index in [-0.39, 0.29) is 0 Å². The first-order valence-electron chi connectivity index (χ1n) is 7.69. The minimum Gasteiger partial charge on any atom is -0.357 e. The van der Waals surface area contributed by atoms with Gasteiger partial charge in [-0.1, -0.05) is 20.8 Å². The highest BCUT2D eigenvalue weighted by Gasteiger charge is 2.13. The molecule has 0 fully saturated rings. The van der Waals surface area contributed by atoms with Crippen LogP contribution in [0.4, 0.5) is 0 Å². The molecule has 0 saturated heterocycles. The average Bonchev–Trinajstić information content (AvgIpc) is 2.79. The van der Waals surface area contributed by atoms with Crippen LogP contribution in [0, 0.1) is 5.41 Å². The van der Waals surface area contributed by atoms with Crippen molar-refractivity contribution in [3.63, 3.8) is 0 Å². The molecule has 0 aliphatic heterocycles. The fourth-order valence-corrected chi connectivity index (χ4v) is 1.88. The topological polar surface area (TPSA) is 67.1 Å². The fraction of sp³-hybridized carbons (Fsp3) is 0.800. The Labute approximate surface area is 128 Å². The van der Waals surface area contributed by atoms with Crippen LogP contribution < -0.4 is 10.6 Å². The number of nitrogens with one attached hydrogen (secondary N) is 2. The zero-order valence-electron chi connectivity index (χ0n) is 14.3. The number of aryl methyl sites for hydroxylation is 1.